The highest BCUT2D eigenvalue weighted by Gasteiger charge is 2.09. The molecule has 2 rings (SSSR count). The van der Waals surface area contributed by atoms with Crippen LogP contribution >= 0.6 is 0 Å². The van der Waals surface area contributed by atoms with Gasteiger partial charge in [-0.15, -0.1) is 0 Å². The molecular weight excluding hydrogens is 258 g/mol. The van der Waals surface area contributed by atoms with Crippen molar-refractivity contribution in [2.75, 3.05) is 0 Å². The van der Waals surface area contributed by atoms with E-state index < -0.39 is 11.6 Å². The fourth-order valence-electron chi connectivity index (χ4n) is 1.73. The van der Waals surface area contributed by atoms with Gasteiger partial charge in [0.2, 0.25) is 0 Å². The minimum atomic E-state index is -0.503. The molecule has 0 saturated heterocycles. The first kappa shape index (κ1) is 14.0. The molecule has 0 radical (unpaired) electrons. The van der Waals surface area contributed by atoms with E-state index >= 15 is 0 Å². The zero-order chi connectivity index (χ0) is 14.5. The number of hydrogen-bond donors (Lipinski definition) is 0. The second kappa shape index (κ2) is 6.14. The summed E-state index contributed by atoms with van der Waals surface area (Å²) in [6.45, 7) is 3.47. The summed E-state index contributed by atoms with van der Waals surface area (Å²) in [5, 5.41) is 4.48. The van der Waals surface area contributed by atoms with Crippen LogP contribution < -0.4 is 5.63 Å². The maximum atomic E-state index is 11.9. The summed E-state index contributed by atoms with van der Waals surface area (Å²) in [4.78, 5) is 27.8. The molecule has 0 bridgehead atoms. The molecule has 0 amide bonds. The third-order valence-electron chi connectivity index (χ3n) is 2.77. The maximum Gasteiger partial charge on any atom is 0.345 e. The number of rotatable bonds is 4. The van der Waals surface area contributed by atoms with Gasteiger partial charge < -0.3 is 9.25 Å². The van der Waals surface area contributed by atoms with Crippen molar-refractivity contribution >= 4 is 22.7 Å². The van der Waals surface area contributed by atoms with E-state index in [1.54, 1.807) is 25.1 Å². The van der Waals surface area contributed by atoms with E-state index in [4.69, 9.17) is 9.25 Å². The van der Waals surface area contributed by atoms with Crippen molar-refractivity contribution in [3.8, 4) is 0 Å². The lowest BCUT2D eigenvalue weighted by molar-refractivity contribution is -0.143. The Kier molecular flexibility index (Phi) is 4.30. The predicted octanol–water partition coefficient (Wildman–Crippen LogP) is 2.86. The fraction of sp³-hybridized carbons (Fsp3) is 0.267. The third kappa shape index (κ3) is 3.12. The highest BCUT2D eigenvalue weighted by molar-refractivity contribution is 6.00. The van der Waals surface area contributed by atoms with E-state index in [2.05, 4.69) is 5.16 Å². The van der Waals surface area contributed by atoms with E-state index in [0.29, 0.717) is 24.1 Å². The molecule has 5 heteroatoms. The minimum absolute atomic E-state index is 0.285. The van der Waals surface area contributed by atoms with Crippen LogP contribution in [0.2, 0.25) is 0 Å². The average molecular weight is 273 g/mol. The minimum Gasteiger partial charge on any atom is -0.422 e. The second-order valence-electron chi connectivity index (χ2n) is 4.38. The van der Waals surface area contributed by atoms with Gasteiger partial charge in [0.05, 0.1) is 11.3 Å². The summed E-state index contributed by atoms with van der Waals surface area (Å²) in [6, 6.07) is 8.86. The number of para-hydroxylation sites is 1. The number of benzene rings is 1. The monoisotopic (exact) mass is 273 g/mol. The number of carbonyl (C=O) groups is 1. The molecule has 0 aliphatic carbocycles. The first-order valence-corrected chi connectivity index (χ1v) is 6.39. The van der Waals surface area contributed by atoms with Crippen LogP contribution in [0.25, 0.3) is 11.0 Å². The highest BCUT2D eigenvalue weighted by atomic mass is 16.7. The summed E-state index contributed by atoms with van der Waals surface area (Å²) < 4.78 is 5.19. The van der Waals surface area contributed by atoms with Crippen LogP contribution in [0.5, 0.6) is 0 Å². The molecule has 0 spiro atoms. The smallest absolute Gasteiger partial charge is 0.345 e. The lowest BCUT2D eigenvalue weighted by atomic mass is 10.1. The predicted molar refractivity (Wildman–Crippen MR) is 75.7 cm³/mol. The summed E-state index contributed by atoms with van der Waals surface area (Å²) >= 11 is 0. The summed E-state index contributed by atoms with van der Waals surface area (Å²) in [6.07, 6.45) is 0.981. The molecule has 1 aromatic heterocycles. The van der Waals surface area contributed by atoms with Gasteiger partial charge in [-0.25, -0.2) is 9.59 Å². The van der Waals surface area contributed by atoms with Crippen LogP contribution in [-0.2, 0) is 9.63 Å². The van der Waals surface area contributed by atoms with Crippen LogP contribution in [-0.4, -0.2) is 11.7 Å². The molecule has 0 N–H and O–H groups in total. The van der Waals surface area contributed by atoms with Crippen LogP contribution in [0.4, 0.5) is 0 Å². The zero-order valence-electron chi connectivity index (χ0n) is 11.4. The van der Waals surface area contributed by atoms with Crippen molar-refractivity contribution in [2.45, 2.75) is 26.7 Å². The molecule has 0 unspecified atom stereocenters. The third-order valence-corrected chi connectivity index (χ3v) is 2.77. The van der Waals surface area contributed by atoms with Gasteiger partial charge >= 0.3 is 11.6 Å². The number of carbonyl (C=O) groups excluding carboxylic acids is 1. The number of hydrogen-bond acceptors (Lipinski definition) is 5. The van der Waals surface area contributed by atoms with Crippen molar-refractivity contribution < 1.29 is 14.0 Å². The Morgan fingerprint density at radius 2 is 2.10 bits per heavy atom. The fourth-order valence-corrected chi connectivity index (χ4v) is 1.73. The largest absolute Gasteiger partial charge is 0.422 e. The van der Waals surface area contributed by atoms with Crippen LogP contribution in [0.3, 0.4) is 0 Å². The Hall–Kier alpha value is -2.43. The van der Waals surface area contributed by atoms with E-state index in [1.807, 2.05) is 19.1 Å². The van der Waals surface area contributed by atoms with Crippen molar-refractivity contribution in [1.29, 1.82) is 0 Å². The highest BCUT2D eigenvalue weighted by Crippen LogP contribution is 2.13. The van der Waals surface area contributed by atoms with Crippen molar-refractivity contribution in [1.82, 2.24) is 0 Å². The Labute approximate surface area is 115 Å². The number of fused-ring (bicyclic) bond motifs is 1. The number of nitrogens with zero attached hydrogens (tertiary/aromatic N) is 1. The number of oxime groups is 1. The van der Waals surface area contributed by atoms with Gasteiger partial charge in [-0.2, -0.15) is 0 Å². The molecule has 1 heterocycles. The molecule has 20 heavy (non-hydrogen) atoms. The van der Waals surface area contributed by atoms with E-state index in [1.165, 1.54) is 0 Å². The molecule has 0 aliphatic heterocycles. The van der Waals surface area contributed by atoms with E-state index in [-0.39, 0.29) is 5.56 Å². The van der Waals surface area contributed by atoms with E-state index in [0.717, 1.165) is 5.39 Å². The molecule has 0 aliphatic rings. The van der Waals surface area contributed by atoms with Gasteiger partial charge in [0, 0.05) is 11.8 Å². The zero-order valence-corrected chi connectivity index (χ0v) is 11.4. The molecule has 5 nitrogen and oxygen atoms in total. The average Bonchev–Trinajstić information content (AvgIpc) is 2.44. The topological polar surface area (TPSA) is 68.9 Å². The molecule has 0 saturated carbocycles. The Morgan fingerprint density at radius 1 is 1.35 bits per heavy atom. The molecule has 0 atom stereocenters. The first-order chi connectivity index (χ1) is 9.61. The Balaban J connectivity index is 2.32. The van der Waals surface area contributed by atoms with Gasteiger partial charge in [0.1, 0.15) is 5.58 Å². The molecule has 104 valence electrons. The van der Waals surface area contributed by atoms with Gasteiger partial charge in [-0.3, -0.25) is 0 Å². The SMILES string of the molecule is CCCC(=O)O/N=C(\C)c1cc2ccccc2oc1=O. The first-order valence-electron chi connectivity index (χ1n) is 6.39. The van der Waals surface area contributed by atoms with Gasteiger partial charge in [-0.1, -0.05) is 30.3 Å². The summed E-state index contributed by atoms with van der Waals surface area (Å²) in [7, 11) is 0. The van der Waals surface area contributed by atoms with Gasteiger partial charge in [0.25, 0.3) is 0 Å². The van der Waals surface area contributed by atoms with Crippen molar-refractivity contribution in [3.63, 3.8) is 0 Å². The normalized spacial score (nSPS) is 11.6. The van der Waals surface area contributed by atoms with Crippen molar-refractivity contribution in [2.24, 2.45) is 5.16 Å². The molecule has 1 aromatic carbocycles. The summed E-state index contributed by atoms with van der Waals surface area (Å²) in [5.41, 5.74) is 0.607. The molecule has 0 fully saturated rings. The summed E-state index contributed by atoms with van der Waals surface area (Å²) in [5.74, 6) is -0.419. The lowest BCUT2D eigenvalue weighted by Crippen LogP contribution is -2.13. The Bertz CT molecular complexity index is 715. The molecular formula is C15H15NO4. The standard InChI is InChI=1S/C15H15NO4/c1-3-6-14(17)20-16-10(2)12-9-11-7-4-5-8-13(11)19-15(12)18/h4-5,7-9H,3,6H2,1-2H3/b16-10+. The Morgan fingerprint density at radius 3 is 2.85 bits per heavy atom. The van der Waals surface area contributed by atoms with E-state index in [9.17, 15) is 9.59 Å². The second-order valence-corrected chi connectivity index (χ2v) is 4.38. The van der Waals surface area contributed by atoms with Crippen LogP contribution in [0, 0.1) is 0 Å². The van der Waals surface area contributed by atoms with Gasteiger partial charge in [0.15, 0.2) is 0 Å². The van der Waals surface area contributed by atoms with Crippen LogP contribution in [0.1, 0.15) is 32.3 Å². The van der Waals surface area contributed by atoms with Gasteiger partial charge in [-0.05, 0) is 25.5 Å². The molecule has 2 aromatic rings. The van der Waals surface area contributed by atoms with Crippen LogP contribution in [0.15, 0.2) is 44.7 Å². The van der Waals surface area contributed by atoms with Crippen molar-refractivity contribution in [3.05, 3.63) is 46.3 Å². The quantitative estimate of drug-likeness (QED) is 0.372. The maximum absolute atomic E-state index is 11.9. The lowest BCUT2D eigenvalue weighted by Gasteiger charge is -2.01.